The van der Waals surface area contributed by atoms with Crippen LogP contribution < -0.4 is 14.8 Å². The minimum atomic E-state index is -0.128. The van der Waals surface area contributed by atoms with Crippen molar-refractivity contribution >= 4 is 23.3 Å². The Bertz CT molecular complexity index is 736. The third-order valence-electron chi connectivity index (χ3n) is 3.67. The number of ether oxygens (including phenoxy) is 2. The fourth-order valence-electron chi connectivity index (χ4n) is 2.33. The molecule has 1 amide bonds. The van der Waals surface area contributed by atoms with Crippen LogP contribution in [0.15, 0.2) is 36.4 Å². The molecular formula is C20H25NO3S. The van der Waals surface area contributed by atoms with Gasteiger partial charge in [0.1, 0.15) is 0 Å². The number of methoxy groups -OCH3 is 1. The Labute approximate surface area is 153 Å². The number of hydrogen-bond acceptors (Lipinski definition) is 4. The Morgan fingerprint density at radius 3 is 2.72 bits per heavy atom. The van der Waals surface area contributed by atoms with Crippen LogP contribution in [0.2, 0.25) is 0 Å². The van der Waals surface area contributed by atoms with Gasteiger partial charge in [0, 0.05) is 15.8 Å². The molecule has 0 saturated carbocycles. The third-order valence-corrected chi connectivity index (χ3v) is 4.63. The number of aryl methyl sites for hydroxylation is 1. The van der Waals surface area contributed by atoms with E-state index in [-0.39, 0.29) is 11.9 Å². The molecule has 1 aromatic heterocycles. The molecule has 0 aliphatic heterocycles. The van der Waals surface area contributed by atoms with E-state index in [0.29, 0.717) is 12.4 Å². The van der Waals surface area contributed by atoms with Crippen molar-refractivity contribution in [1.29, 1.82) is 0 Å². The number of thiophene rings is 1. The summed E-state index contributed by atoms with van der Waals surface area (Å²) in [5.41, 5.74) is 0.967. The van der Waals surface area contributed by atoms with Gasteiger partial charge in [-0.25, -0.2) is 0 Å². The highest BCUT2D eigenvalue weighted by molar-refractivity contribution is 7.12. The van der Waals surface area contributed by atoms with Crippen molar-refractivity contribution in [3.8, 4) is 11.5 Å². The molecule has 0 saturated heterocycles. The predicted molar refractivity (Wildman–Crippen MR) is 103 cm³/mol. The second-order valence-corrected chi connectivity index (χ2v) is 7.09. The maximum atomic E-state index is 12.1. The van der Waals surface area contributed by atoms with E-state index in [2.05, 4.69) is 12.2 Å². The van der Waals surface area contributed by atoms with Gasteiger partial charge in [0.2, 0.25) is 5.91 Å². The van der Waals surface area contributed by atoms with Crippen LogP contribution in [0.3, 0.4) is 0 Å². The van der Waals surface area contributed by atoms with E-state index in [0.717, 1.165) is 22.6 Å². The second kappa shape index (κ2) is 9.28. The first-order valence-electron chi connectivity index (χ1n) is 8.39. The van der Waals surface area contributed by atoms with Crippen LogP contribution in [-0.2, 0) is 4.79 Å². The van der Waals surface area contributed by atoms with E-state index in [9.17, 15) is 4.79 Å². The van der Waals surface area contributed by atoms with Crippen LogP contribution in [0, 0.1) is 6.92 Å². The van der Waals surface area contributed by atoms with Crippen LogP contribution in [0.1, 0.15) is 41.6 Å². The van der Waals surface area contributed by atoms with Crippen LogP contribution >= 0.6 is 11.3 Å². The van der Waals surface area contributed by atoms with Crippen LogP contribution in [0.4, 0.5) is 0 Å². The van der Waals surface area contributed by atoms with Gasteiger partial charge in [-0.1, -0.05) is 13.0 Å². The Hall–Kier alpha value is -2.27. The summed E-state index contributed by atoms with van der Waals surface area (Å²) >= 11 is 1.66. The van der Waals surface area contributed by atoms with Crippen molar-refractivity contribution in [3.05, 3.63) is 51.7 Å². The minimum absolute atomic E-state index is 0.121. The first kappa shape index (κ1) is 19.1. The summed E-state index contributed by atoms with van der Waals surface area (Å²) in [5.74, 6) is 1.28. The van der Waals surface area contributed by atoms with Crippen LogP contribution in [0.5, 0.6) is 11.5 Å². The zero-order valence-electron chi connectivity index (χ0n) is 15.2. The highest BCUT2D eigenvalue weighted by Crippen LogP contribution is 2.30. The Balaban J connectivity index is 2.00. The van der Waals surface area contributed by atoms with Gasteiger partial charge in [0.15, 0.2) is 11.5 Å². The van der Waals surface area contributed by atoms with Crippen molar-refractivity contribution in [1.82, 2.24) is 5.32 Å². The molecule has 1 aromatic carbocycles. The number of rotatable bonds is 8. The van der Waals surface area contributed by atoms with Crippen molar-refractivity contribution in [2.24, 2.45) is 0 Å². The number of hydrogen-bond donors (Lipinski definition) is 1. The van der Waals surface area contributed by atoms with Gasteiger partial charge in [-0.05, 0) is 56.2 Å². The molecule has 1 unspecified atom stereocenters. The smallest absolute Gasteiger partial charge is 0.244 e. The second-order valence-electron chi connectivity index (χ2n) is 5.77. The van der Waals surface area contributed by atoms with Crippen molar-refractivity contribution in [2.45, 2.75) is 33.2 Å². The summed E-state index contributed by atoms with van der Waals surface area (Å²) in [6, 6.07) is 9.66. The molecule has 0 fully saturated rings. The quantitative estimate of drug-likeness (QED) is 0.692. The zero-order chi connectivity index (χ0) is 18.2. The van der Waals surface area contributed by atoms with Crippen molar-refractivity contribution < 1.29 is 14.3 Å². The fourth-order valence-corrected chi connectivity index (χ4v) is 3.11. The highest BCUT2D eigenvalue weighted by atomic mass is 32.1. The predicted octanol–water partition coefficient (Wildman–Crippen LogP) is 4.74. The lowest BCUT2D eigenvalue weighted by Gasteiger charge is -2.16. The van der Waals surface area contributed by atoms with Crippen molar-refractivity contribution in [2.75, 3.05) is 13.7 Å². The van der Waals surface area contributed by atoms with E-state index in [1.54, 1.807) is 24.5 Å². The van der Waals surface area contributed by atoms with Gasteiger partial charge < -0.3 is 14.8 Å². The number of benzene rings is 1. The molecule has 2 aromatic rings. The number of carbonyl (C=O) groups is 1. The lowest BCUT2D eigenvalue weighted by Crippen LogP contribution is -2.24. The highest BCUT2D eigenvalue weighted by Gasteiger charge is 2.12. The van der Waals surface area contributed by atoms with Gasteiger partial charge in [-0.2, -0.15) is 0 Å². The maximum Gasteiger partial charge on any atom is 0.244 e. The molecule has 134 valence electrons. The molecule has 2 rings (SSSR count). The summed E-state index contributed by atoms with van der Waals surface area (Å²) in [5, 5.41) is 2.97. The summed E-state index contributed by atoms with van der Waals surface area (Å²) in [6.45, 7) is 6.70. The van der Waals surface area contributed by atoms with E-state index in [1.807, 2.05) is 50.3 Å². The minimum Gasteiger partial charge on any atom is -0.493 e. The van der Waals surface area contributed by atoms with E-state index in [4.69, 9.17) is 9.47 Å². The SMILES string of the molecule is CCCOc1ccc(C(C)NC(=O)C=Cc2ccc(C)s2)cc1OC. The van der Waals surface area contributed by atoms with Gasteiger partial charge in [-0.3, -0.25) is 4.79 Å². The summed E-state index contributed by atoms with van der Waals surface area (Å²) < 4.78 is 11.1. The number of nitrogens with one attached hydrogen (secondary N) is 1. The van der Waals surface area contributed by atoms with Gasteiger partial charge in [0.05, 0.1) is 19.8 Å². The number of carbonyl (C=O) groups excluding carboxylic acids is 1. The fraction of sp³-hybridized carbons (Fsp3) is 0.350. The topological polar surface area (TPSA) is 47.6 Å². The molecule has 1 atom stereocenters. The van der Waals surface area contributed by atoms with Gasteiger partial charge in [0.25, 0.3) is 0 Å². The average Bonchev–Trinajstić information content (AvgIpc) is 3.03. The molecule has 1 N–H and O–H groups in total. The first-order valence-corrected chi connectivity index (χ1v) is 9.21. The summed E-state index contributed by atoms with van der Waals surface area (Å²) in [4.78, 5) is 14.4. The largest absolute Gasteiger partial charge is 0.493 e. The molecule has 5 heteroatoms. The molecular weight excluding hydrogens is 334 g/mol. The Morgan fingerprint density at radius 2 is 2.08 bits per heavy atom. The Kier molecular flexibility index (Phi) is 7.07. The zero-order valence-corrected chi connectivity index (χ0v) is 16.0. The standard InChI is InChI=1S/C20H25NO3S/c1-5-12-24-18-10-7-16(13-19(18)23-4)15(3)21-20(22)11-9-17-8-6-14(2)25-17/h6-11,13,15H,5,12H2,1-4H3,(H,21,22). The lowest BCUT2D eigenvalue weighted by molar-refractivity contribution is -0.117. The normalized spacial score (nSPS) is 12.2. The molecule has 0 aliphatic carbocycles. The van der Waals surface area contributed by atoms with Crippen LogP contribution in [0.25, 0.3) is 6.08 Å². The average molecular weight is 359 g/mol. The summed E-state index contributed by atoms with van der Waals surface area (Å²) in [6.07, 6.45) is 4.34. The molecule has 0 bridgehead atoms. The van der Waals surface area contributed by atoms with Gasteiger partial charge in [-0.15, -0.1) is 11.3 Å². The molecule has 25 heavy (non-hydrogen) atoms. The van der Waals surface area contributed by atoms with E-state index < -0.39 is 0 Å². The monoisotopic (exact) mass is 359 g/mol. The molecule has 4 nitrogen and oxygen atoms in total. The molecule has 0 radical (unpaired) electrons. The molecule has 1 heterocycles. The van der Waals surface area contributed by atoms with E-state index >= 15 is 0 Å². The van der Waals surface area contributed by atoms with E-state index in [1.165, 1.54) is 4.88 Å². The van der Waals surface area contributed by atoms with Gasteiger partial charge >= 0.3 is 0 Å². The third kappa shape index (κ3) is 5.64. The maximum absolute atomic E-state index is 12.1. The van der Waals surface area contributed by atoms with Crippen molar-refractivity contribution in [3.63, 3.8) is 0 Å². The summed E-state index contributed by atoms with van der Waals surface area (Å²) in [7, 11) is 1.62. The lowest BCUT2D eigenvalue weighted by atomic mass is 10.1. The Morgan fingerprint density at radius 1 is 1.28 bits per heavy atom. The van der Waals surface area contributed by atoms with Crippen LogP contribution in [-0.4, -0.2) is 19.6 Å². The molecule has 0 spiro atoms. The number of amides is 1. The first-order chi connectivity index (χ1) is 12.0. The molecule has 0 aliphatic rings.